The SMILES string of the molecule is CCNC(=NCC(=O)N(C)C)NCC(C)(C)Cc1cccc(Cl)c1.I. The number of halogens is 2. The van der Waals surface area contributed by atoms with Crippen LogP contribution in [0.4, 0.5) is 0 Å². The first-order valence-corrected chi connectivity index (χ1v) is 8.58. The van der Waals surface area contributed by atoms with E-state index < -0.39 is 0 Å². The van der Waals surface area contributed by atoms with E-state index in [4.69, 9.17) is 11.6 Å². The van der Waals surface area contributed by atoms with E-state index >= 15 is 0 Å². The van der Waals surface area contributed by atoms with Gasteiger partial charge in [-0.15, -0.1) is 24.0 Å². The first kappa shape index (κ1) is 24.0. The van der Waals surface area contributed by atoms with Crippen LogP contribution in [0.5, 0.6) is 0 Å². The van der Waals surface area contributed by atoms with Gasteiger partial charge >= 0.3 is 0 Å². The molecule has 7 heteroatoms. The topological polar surface area (TPSA) is 56.7 Å². The van der Waals surface area contributed by atoms with Crippen LogP contribution in [0.3, 0.4) is 0 Å². The zero-order valence-corrected chi connectivity index (χ0v) is 18.8. The van der Waals surface area contributed by atoms with Gasteiger partial charge < -0.3 is 15.5 Å². The molecule has 0 saturated carbocycles. The Kier molecular flexibility index (Phi) is 11.1. The number of carbonyl (C=O) groups excluding carboxylic acids is 1. The molecule has 0 aliphatic rings. The lowest BCUT2D eigenvalue weighted by molar-refractivity contribution is -0.127. The van der Waals surface area contributed by atoms with Gasteiger partial charge in [-0.25, -0.2) is 4.99 Å². The second-order valence-corrected chi connectivity index (χ2v) is 7.24. The highest BCUT2D eigenvalue weighted by molar-refractivity contribution is 14.0. The lowest BCUT2D eigenvalue weighted by atomic mass is 9.86. The van der Waals surface area contributed by atoms with Crippen LogP contribution in [0.1, 0.15) is 26.3 Å². The second kappa shape index (κ2) is 11.6. The molecule has 0 atom stereocenters. The number of benzene rings is 1. The standard InChI is InChI=1S/C18H29ClN4O.HI/c1-6-20-17(21-12-16(24)23(4)5)22-13-18(2,3)11-14-8-7-9-15(19)10-14;/h7-10H,6,11-13H2,1-5H3,(H2,20,21,22);1H. The van der Waals surface area contributed by atoms with E-state index in [-0.39, 0.29) is 41.8 Å². The molecule has 1 rings (SSSR count). The van der Waals surface area contributed by atoms with E-state index in [1.54, 1.807) is 14.1 Å². The Balaban J connectivity index is 0.00000576. The van der Waals surface area contributed by atoms with E-state index in [2.05, 4.69) is 35.5 Å². The van der Waals surface area contributed by atoms with Crippen LogP contribution in [-0.2, 0) is 11.2 Å². The fraction of sp³-hybridized carbons (Fsp3) is 0.556. The van der Waals surface area contributed by atoms with E-state index in [9.17, 15) is 4.79 Å². The minimum atomic E-state index is -0.0228. The van der Waals surface area contributed by atoms with Crippen LogP contribution < -0.4 is 10.6 Å². The van der Waals surface area contributed by atoms with Crippen LogP contribution >= 0.6 is 35.6 Å². The quantitative estimate of drug-likeness (QED) is 0.358. The van der Waals surface area contributed by atoms with Gasteiger partial charge in [0.05, 0.1) is 0 Å². The number of hydrogen-bond acceptors (Lipinski definition) is 2. The Morgan fingerprint density at radius 2 is 1.96 bits per heavy atom. The number of hydrogen-bond donors (Lipinski definition) is 2. The Hall–Kier alpha value is -1.02. The maximum absolute atomic E-state index is 11.7. The number of amides is 1. The predicted molar refractivity (Wildman–Crippen MR) is 117 cm³/mol. The average Bonchev–Trinajstić information content (AvgIpc) is 2.49. The van der Waals surface area contributed by atoms with Gasteiger partial charge in [0.2, 0.25) is 5.91 Å². The normalized spacial score (nSPS) is 11.5. The van der Waals surface area contributed by atoms with Crippen molar-refractivity contribution < 1.29 is 4.79 Å². The number of guanidine groups is 1. The third kappa shape index (κ3) is 9.89. The molecule has 0 saturated heterocycles. The molecule has 1 aromatic carbocycles. The maximum atomic E-state index is 11.7. The fourth-order valence-electron chi connectivity index (χ4n) is 2.21. The van der Waals surface area contributed by atoms with E-state index in [0.717, 1.165) is 24.5 Å². The third-order valence-corrected chi connectivity index (χ3v) is 3.76. The second-order valence-electron chi connectivity index (χ2n) is 6.81. The molecule has 0 heterocycles. The average molecular weight is 481 g/mol. The van der Waals surface area contributed by atoms with Crippen LogP contribution in [0, 0.1) is 5.41 Å². The number of carbonyl (C=O) groups is 1. The van der Waals surface area contributed by atoms with Crippen molar-refractivity contribution in [3.63, 3.8) is 0 Å². The van der Waals surface area contributed by atoms with Gasteiger partial charge in [0.15, 0.2) is 5.96 Å². The van der Waals surface area contributed by atoms with Gasteiger partial charge in [-0.05, 0) is 36.5 Å². The van der Waals surface area contributed by atoms with Gasteiger partial charge in [0.25, 0.3) is 0 Å². The van der Waals surface area contributed by atoms with Crippen LogP contribution in [0.15, 0.2) is 29.3 Å². The van der Waals surface area contributed by atoms with Crippen LogP contribution in [0.25, 0.3) is 0 Å². The lowest BCUT2D eigenvalue weighted by Crippen LogP contribution is -2.43. The van der Waals surface area contributed by atoms with Gasteiger partial charge in [-0.3, -0.25) is 4.79 Å². The Morgan fingerprint density at radius 3 is 2.52 bits per heavy atom. The molecule has 142 valence electrons. The molecule has 25 heavy (non-hydrogen) atoms. The summed E-state index contributed by atoms with van der Waals surface area (Å²) in [4.78, 5) is 17.6. The first-order valence-electron chi connectivity index (χ1n) is 8.20. The number of aliphatic imine (C=N–C) groups is 1. The monoisotopic (exact) mass is 480 g/mol. The highest BCUT2D eigenvalue weighted by atomic mass is 127. The molecular weight excluding hydrogens is 451 g/mol. The summed E-state index contributed by atoms with van der Waals surface area (Å²) >= 11 is 6.06. The number of nitrogens with one attached hydrogen (secondary N) is 2. The van der Waals surface area contributed by atoms with Gasteiger partial charge in [-0.1, -0.05) is 37.6 Å². The van der Waals surface area contributed by atoms with Crippen molar-refractivity contribution in [2.24, 2.45) is 10.4 Å². The zero-order chi connectivity index (χ0) is 18.2. The molecule has 0 aliphatic carbocycles. The Labute approximate surface area is 173 Å². The number of rotatable bonds is 7. The van der Waals surface area contributed by atoms with Crippen molar-refractivity contribution >= 4 is 47.4 Å². The molecule has 0 aliphatic heterocycles. The number of likely N-dealkylation sites (N-methyl/N-ethyl adjacent to an activating group) is 1. The van der Waals surface area contributed by atoms with Crippen LogP contribution in [-0.4, -0.2) is 50.5 Å². The lowest BCUT2D eigenvalue weighted by Gasteiger charge is -2.26. The summed E-state index contributed by atoms with van der Waals surface area (Å²) < 4.78 is 0. The minimum absolute atomic E-state index is 0. The highest BCUT2D eigenvalue weighted by Gasteiger charge is 2.19. The maximum Gasteiger partial charge on any atom is 0.243 e. The van der Waals surface area contributed by atoms with Crippen molar-refractivity contribution in [1.29, 1.82) is 0 Å². The Bertz CT molecular complexity index is 576. The van der Waals surface area contributed by atoms with Crippen molar-refractivity contribution in [2.75, 3.05) is 33.7 Å². The third-order valence-electron chi connectivity index (χ3n) is 3.52. The molecule has 0 bridgehead atoms. The van der Waals surface area contributed by atoms with E-state index in [0.29, 0.717) is 5.96 Å². The zero-order valence-electron chi connectivity index (χ0n) is 15.7. The fourth-order valence-corrected chi connectivity index (χ4v) is 2.43. The summed E-state index contributed by atoms with van der Waals surface area (Å²) in [5.74, 6) is 0.636. The molecule has 0 unspecified atom stereocenters. The number of nitrogens with zero attached hydrogens (tertiary/aromatic N) is 2. The van der Waals surface area contributed by atoms with E-state index in [1.807, 2.05) is 25.1 Å². The summed E-state index contributed by atoms with van der Waals surface area (Å²) in [6.45, 7) is 8.00. The van der Waals surface area contributed by atoms with Gasteiger partial charge in [0, 0.05) is 32.2 Å². The summed E-state index contributed by atoms with van der Waals surface area (Å²) in [6, 6.07) is 7.94. The molecule has 0 fully saturated rings. The first-order chi connectivity index (χ1) is 11.2. The summed E-state index contributed by atoms with van der Waals surface area (Å²) in [5, 5.41) is 7.25. The van der Waals surface area contributed by atoms with Crippen molar-refractivity contribution in [3.8, 4) is 0 Å². The van der Waals surface area contributed by atoms with Crippen molar-refractivity contribution in [3.05, 3.63) is 34.9 Å². The van der Waals surface area contributed by atoms with Crippen LogP contribution in [0.2, 0.25) is 5.02 Å². The molecule has 5 nitrogen and oxygen atoms in total. The van der Waals surface area contributed by atoms with Gasteiger partial charge in [-0.2, -0.15) is 0 Å². The minimum Gasteiger partial charge on any atom is -0.357 e. The van der Waals surface area contributed by atoms with Crippen molar-refractivity contribution in [1.82, 2.24) is 15.5 Å². The predicted octanol–water partition coefficient (Wildman–Crippen LogP) is 3.17. The summed E-state index contributed by atoms with van der Waals surface area (Å²) in [6.07, 6.45) is 0.899. The van der Waals surface area contributed by atoms with Crippen molar-refractivity contribution in [2.45, 2.75) is 27.2 Å². The molecule has 0 radical (unpaired) electrons. The molecule has 1 aromatic rings. The largest absolute Gasteiger partial charge is 0.357 e. The molecular formula is C18H30ClIN4O. The van der Waals surface area contributed by atoms with Gasteiger partial charge in [0.1, 0.15) is 6.54 Å². The smallest absolute Gasteiger partial charge is 0.243 e. The molecule has 0 spiro atoms. The molecule has 0 aromatic heterocycles. The van der Waals surface area contributed by atoms with E-state index in [1.165, 1.54) is 10.5 Å². The molecule has 1 amide bonds. The molecule has 2 N–H and O–H groups in total. The highest BCUT2D eigenvalue weighted by Crippen LogP contribution is 2.22. The summed E-state index contributed by atoms with van der Waals surface area (Å²) in [5.41, 5.74) is 1.23. The Morgan fingerprint density at radius 1 is 1.28 bits per heavy atom. The summed E-state index contributed by atoms with van der Waals surface area (Å²) in [7, 11) is 3.46.